The molecule has 4 nitrogen and oxygen atoms in total. The Morgan fingerprint density at radius 3 is 2.68 bits per heavy atom. The number of carbonyl (C=O) groups excluding carboxylic acids is 1. The highest BCUT2D eigenvalue weighted by Crippen LogP contribution is 2.28. The predicted molar refractivity (Wildman–Crippen MR) is 82.6 cm³/mol. The van der Waals surface area contributed by atoms with Crippen molar-refractivity contribution in [2.24, 2.45) is 5.92 Å². The van der Waals surface area contributed by atoms with Crippen LogP contribution >= 0.6 is 0 Å². The van der Waals surface area contributed by atoms with Crippen LogP contribution in [0, 0.1) is 11.7 Å². The fourth-order valence-corrected chi connectivity index (χ4v) is 2.96. The molecule has 0 atom stereocenters. The number of piperidine rings is 1. The molecule has 1 heterocycles. The van der Waals surface area contributed by atoms with Gasteiger partial charge in [0.1, 0.15) is 11.6 Å². The van der Waals surface area contributed by atoms with Crippen LogP contribution in [-0.2, 0) is 0 Å². The Kier molecular flexibility index (Phi) is 4.62. The molecule has 0 spiro atoms. The summed E-state index contributed by atoms with van der Waals surface area (Å²) in [6.07, 6.45) is 4.61. The number of nitrogens with one attached hydrogen (secondary N) is 1. The normalized spacial score (nSPS) is 19.3. The van der Waals surface area contributed by atoms with Gasteiger partial charge in [0.15, 0.2) is 0 Å². The maximum Gasteiger partial charge on any atom is 0.257 e. The van der Waals surface area contributed by atoms with Crippen molar-refractivity contribution in [3.8, 4) is 5.75 Å². The first-order chi connectivity index (χ1) is 10.7. The molecule has 22 heavy (non-hydrogen) atoms. The van der Waals surface area contributed by atoms with Crippen LogP contribution < -0.4 is 10.1 Å². The molecule has 120 valence electrons. The molecule has 1 aliphatic heterocycles. The molecule has 1 saturated heterocycles. The molecule has 1 aromatic rings. The Morgan fingerprint density at radius 2 is 2.05 bits per heavy atom. The summed E-state index contributed by atoms with van der Waals surface area (Å²) in [5.41, 5.74) is 0.312. The molecule has 2 fully saturated rings. The molecule has 0 bridgehead atoms. The summed E-state index contributed by atoms with van der Waals surface area (Å²) in [7, 11) is 1.50. The third-order valence-electron chi connectivity index (χ3n) is 4.57. The fraction of sp³-hybridized carbons (Fsp3) is 0.588. The van der Waals surface area contributed by atoms with Crippen molar-refractivity contribution in [2.45, 2.75) is 31.7 Å². The van der Waals surface area contributed by atoms with Crippen molar-refractivity contribution in [2.75, 3.05) is 26.7 Å². The van der Waals surface area contributed by atoms with Crippen LogP contribution in [-0.4, -0.2) is 43.6 Å². The zero-order chi connectivity index (χ0) is 15.5. The number of amides is 1. The summed E-state index contributed by atoms with van der Waals surface area (Å²) in [6.45, 7) is 2.53. The highest BCUT2D eigenvalue weighted by Gasteiger charge is 2.27. The minimum atomic E-state index is -0.412. The summed E-state index contributed by atoms with van der Waals surface area (Å²) in [4.78, 5) is 14.4. The lowest BCUT2D eigenvalue weighted by molar-refractivity contribution is 0.0701. The van der Waals surface area contributed by atoms with Crippen LogP contribution in [0.5, 0.6) is 5.75 Å². The lowest BCUT2D eigenvalue weighted by Gasteiger charge is -2.33. The quantitative estimate of drug-likeness (QED) is 0.908. The molecule has 1 saturated carbocycles. The van der Waals surface area contributed by atoms with Crippen LogP contribution in [0.2, 0.25) is 0 Å². The summed E-state index contributed by atoms with van der Waals surface area (Å²) < 4.78 is 18.6. The molecule has 1 amide bonds. The van der Waals surface area contributed by atoms with Gasteiger partial charge in [0, 0.05) is 19.1 Å². The Hall–Kier alpha value is -1.62. The SMILES string of the molecule is COc1ccc(F)cc1C(=O)N1CCC(NCC2CC2)CC1. The molecule has 0 aromatic heterocycles. The number of methoxy groups -OCH3 is 1. The minimum absolute atomic E-state index is 0.142. The van der Waals surface area contributed by atoms with E-state index in [1.807, 2.05) is 0 Å². The number of hydrogen-bond donors (Lipinski definition) is 1. The second-order valence-corrected chi connectivity index (χ2v) is 6.26. The van der Waals surface area contributed by atoms with Gasteiger partial charge in [-0.25, -0.2) is 4.39 Å². The van der Waals surface area contributed by atoms with E-state index in [4.69, 9.17) is 4.74 Å². The third kappa shape index (κ3) is 3.58. The number of benzene rings is 1. The average Bonchev–Trinajstić information content (AvgIpc) is 3.37. The molecular formula is C17H23FN2O2. The number of halogens is 1. The van der Waals surface area contributed by atoms with E-state index in [-0.39, 0.29) is 5.91 Å². The van der Waals surface area contributed by atoms with E-state index in [1.54, 1.807) is 4.90 Å². The first-order valence-corrected chi connectivity index (χ1v) is 8.03. The van der Waals surface area contributed by atoms with E-state index < -0.39 is 5.82 Å². The first-order valence-electron chi connectivity index (χ1n) is 8.03. The number of nitrogens with zero attached hydrogens (tertiary/aromatic N) is 1. The van der Waals surface area contributed by atoms with Gasteiger partial charge in [-0.15, -0.1) is 0 Å². The lowest BCUT2D eigenvalue weighted by Crippen LogP contribution is -2.45. The average molecular weight is 306 g/mol. The molecular weight excluding hydrogens is 283 g/mol. The Bertz CT molecular complexity index is 537. The zero-order valence-electron chi connectivity index (χ0n) is 13.0. The number of ether oxygens (including phenoxy) is 1. The van der Waals surface area contributed by atoms with Crippen molar-refractivity contribution in [1.29, 1.82) is 0 Å². The van der Waals surface area contributed by atoms with Crippen LogP contribution in [0.3, 0.4) is 0 Å². The van der Waals surface area contributed by atoms with Gasteiger partial charge in [-0.2, -0.15) is 0 Å². The van der Waals surface area contributed by atoms with Crippen molar-refractivity contribution in [1.82, 2.24) is 10.2 Å². The van der Waals surface area contributed by atoms with Crippen LogP contribution in [0.15, 0.2) is 18.2 Å². The number of likely N-dealkylation sites (tertiary alicyclic amines) is 1. The van der Waals surface area contributed by atoms with E-state index in [1.165, 1.54) is 38.2 Å². The van der Waals surface area contributed by atoms with Gasteiger partial charge < -0.3 is 15.0 Å². The van der Waals surface area contributed by atoms with E-state index in [2.05, 4.69) is 5.32 Å². The van der Waals surface area contributed by atoms with E-state index in [9.17, 15) is 9.18 Å². The van der Waals surface area contributed by atoms with Crippen molar-refractivity contribution in [3.63, 3.8) is 0 Å². The van der Waals surface area contributed by atoms with E-state index in [0.29, 0.717) is 30.4 Å². The molecule has 1 N–H and O–H groups in total. The highest BCUT2D eigenvalue weighted by molar-refractivity contribution is 5.97. The zero-order valence-corrected chi connectivity index (χ0v) is 13.0. The van der Waals surface area contributed by atoms with Crippen molar-refractivity contribution < 1.29 is 13.9 Å². The van der Waals surface area contributed by atoms with Crippen LogP contribution in [0.1, 0.15) is 36.0 Å². The van der Waals surface area contributed by atoms with Crippen molar-refractivity contribution >= 4 is 5.91 Å². The monoisotopic (exact) mass is 306 g/mol. The van der Waals surface area contributed by atoms with Gasteiger partial charge >= 0.3 is 0 Å². The van der Waals surface area contributed by atoms with Gasteiger partial charge in [0.05, 0.1) is 12.7 Å². The summed E-state index contributed by atoms with van der Waals surface area (Å²) in [5, 5.41) is 3.59. The van der Waals surface area contributed by atoms with Gasteiger partial charge in [0.2, 0.25) is 0 Å². The van der Waals surface area contributed by atoms with Crippen molar-refractivity contribution in [3.05, 3.63) is 29.6 Å². The van der Waals surface area contributed by atoms with E-state index in [0.717, 1.165) is 25.3 Å². The van der Waals surface area contributed by atoms with Gasteiger partial charge in [-0.05, 0) is 56.3 Å². The van der Waals surface area contributed by atoms with Crippen LogP contribution in [0.4, 0.5) is 4.39 Å². The number of rotatable bonds is 5. The second kappa shape index (κ2) is 6.65. The maximum atomic E-state index is 13.4. The van der Waals surface area contributed by atoms with E-state index >= 15 is 0 Å². The largest absolute Gasteiger partial charge is 0.496 e. The number of carbonyl (C=O) groups is 1. The Labute approximate surface area is 130 Å². The third-order valence-corrected chi connectivity index (χ3v) is 4.57. The maximum absolute atomic E-state index is 13.4. The van der Waals surface area contributed by atoms with Gasteiger partial charge in [-0.1, -0.05) is 0 Å². The standard InChI is InChI=1S/C17H23FN2O2/c1-22-16-5-4-13(18)10-15(16)17(21)20-8-6-14(7-9-20)19-11-12-2-3-12/h4-5,10,12,14,19H,2-3,6-9,11H2,1H3. The molecule has 0 unspecified atom stereocenters. The Balaban J connectivity index is 1.58. The van der Waals surface area contributed by atoms with Gasteiger partial charge in [-0.3, -0.25) is 4.79 Å². The summed E-state index contributed by atoms with van der Waals surface area (Å²) >= 11 is 0. The fourth-order valence-electron chi connectivity index (χ4n) is 2.96. The van der Waals surface area contributed by atoms with Gasteiger partial charge in [0.25, 0.3) is 5.91 Å². The molecule has 1 aromatic carbocycles. The minimum Gasteiger partial charge on any atom is -0.496 e. The smallest absolute Gasteiger partial charge is 0.257 e. The summed E-state index contributed by atoms with van der Waals surface area (Å²) in [6, 6.07) is 4.58. The summed E-state index contributed by atoms with van der Waals surface area (Å²) in [5.74, 6) is 0.749. The predicted octanol–water partition coefficient (Wildman–Crippen LogP) is 2.44. The number of hydrogen-bond acceptors (Lipinski definition) is 3. The molecule has 3 rings (SSSR count). The topological polar surface area (TPSA) is 41.6 Å². The molecule has 2 aliphatic rings. The first kappa shape index (κ1) is 15.3. The molecule has 1 aliphatic carbocycles. The molecule has 5 heteroatoms. The highest BCUT2D eigenvalue weighted by atomic mass is 19.1. The lowest BCUT2D eigenvalue weighted by atomic mass is 10.0. The molecule has 0 radical (unpaired) electrons. The van der Waals surface area contributed by atoms with Crippen LogP contribution in [0.25, 0.3) is 0 Å². The Morgan fingerprint density at radius 1 is 1.32 bits per heavy atom. The second-order valence-electron chi connectivity index (χ2n) is 6.26.